The highest BCUT2D eigenvalue weighted by atomic mass is 79.9. The van der Waals surface area contributed by atoms with Crippen LogP contribution in [0.2, 0.25) is 0 Å². The zero-order chi connectivity index (χ0) is 15.2. The summed E-state index contributed by atoms with van der Waals surface area (Å²) in [5, 5.41) is 2.06. The van der Waals surface area contributed by atoms with Gasteiger partial charge in [-0.05, 0) is 31.9 Å². The second-order valence-corrected chi connectivity index (χ2v) is 6.16. The van der Waals surface area contributed by atoms with Crippen molar-refractivity contribution in [1.82, 2.24) is 4.98 Å². The van der Waals surface area contributed by atoms with Crippen molar-refractivity contribution in [2.45, 2.75) is 51.4 Å². The number of hydrogen-bond acceptors (Lipinski definition) is 2. The van der Waals surface area contributed by atoms with Crippen LogP contribution >= 0.6 is 15.9 Å². The first kappa shape index (κ1) is 16.3. The second kappa shape index (κ2) is 7.79. The summed E-state index contributed by atoms with van der Waals surface area (Å²) in [6, 6.07) is 11.2. The van der Waals surface area contributed by atoms with E-state index in [9.17, 15) is 0 Å². The Morgan fingerprint density at radius 2 is 2.00 bits per heavy atom. The molecule has 3 heteroatoms. The lowest BCUT2D eigenvalue weighted by Crippen LogP contribution is -2.35. The van der Waals surface area contributed by atoms with Crippen LogP contribution in [0.25, 0.3) is 10.9 Å². The van der Waals surface area contributed by atoms with Crippen LogP contribution in [0.4, 0.5) is 5.82 Å². The van der Waals surface area contributed by atoms with Gasteiger partial charge >= 0.3 is 0 Å². The minimum Gasteiger partial charge on any atom is -0.354 e. The molecule has 0 N–H and O–H groups in total. The SMILES string of the molecule is CCCCN(c1nc2ccccc2cc1CBr)C(C)CC. The Bertz CT molecular complexity index is 582. The van der Waals surface area contributed by atoms with E-state index < -0.39 is 0 Å². The van der Waals surface area contributed by atoms with Crippen LogP contribution in [-0.4, -0.2) is 17.6 Å². The van der Waals surface area contributed by atoms with E-state index in [1.54, 1.807) is 0 Å². The number of unbranched alkanes of at least 4 members (excludes halogenated alkanes) is 1. The molecule has 0 spiro atoms. The van der Waals surface area contributed by atoms with Crippen molar-refractivity contribution >= 4 is 32.7 Å². The topological polar surface area (TPSA) is 16.1 Å². The molecular weight excluding hydrogens is 324 g/mol. The number of pyridine rings is 1. The molecule has 0 amide bonds. The second-order valence-electron chi connectivity index (χ2n) is 5.60. The monoisotopic (exact) mass is 348 g/mol. The van der Waals surface area contributed by atoms with E-state index in [2.05, 4.69) is 71.9 Å². The van der Waals surface area contributed by atoms with Crippen LogP contribution in [0.3, 0.4) is 0 Å². The van der Waals surface area contributed by atoms with Crippen LogP contribution < -0.4 is 4.90 Å². The van der Waals surface area contributed by atoms with Crippen molar-refractivity contribution < 1.29 is 0 Å². The molecule has 0 aliphatic heterocycles. The number of para-hydroxylation sites is 1. The summed E-state index contributed by atoms with van der Waals surface area (Å²) >= 11 is 3.63. The standard InChI is InChI=1S/C18H25BrN2/c1-4-6-11-21(14(3)5-2)18-16(13-19)12-15-9-7-8-10-17(15)20-18/h7-10,12,14H,4-6,11,13H2,1-3H3. The van der Waals surface area contributed by atoms with Gasteiger partial charge in [-0.25, -0.2) is 4.98 Å². The molecule has 114 valence electrons. The maximum Gasteiger partial charge on any atom is 0.133 e. The Labute approximate surface area is 136 Å². The number of halogens is 1. The number of anilines is 1. The normalized spacial score (nSPS) is 12.6. The van der Waals surface area contributed by atoms with E-state index in [0.29, 0.717) is 6.04 Å². The Kier molecular flexibility index (Phi) is 6.04. The van der Waals surface area contributed by atoms with Gasteiger partial charge < -0.3 is 4.90 Å². The van der Waals surface area contributed by atoms with Crippen molar-refractivity contribution in [2.24, 2.45) is 0 Å². The van der Waals surface area contributed by atoms with Crippen molar-refractivity contribution in [3.63, 3.8) is 0 Å². The van der Waals surface area contributed by atoms with Crippen LogP contribution in [0.15, 0.2) is 30.3 Å². The lowest BCUT2D eigenvalue weighted by atomic mass is 10.1. The molecule has 1 atom stereocenters. The van der Waals surface area contributed by atoms with Crippen molar-refractivity contribution in [2.75, 3.05) is 11.4 Å². The minimum absolute atomic E-state index is 0.517. The summed E-state index contributed by atoms with van der Waals surface area (Å²) in [6.45, 7) is 7.87. The average Bonchev–Trinajstić information content (AvgIpc) is 2.54. The summed E-state index contributed by atoms with van der Waals surface area (Å²) in [7, 11) is 0. The van der Waals surface area contributed by atoms with E-state index >= 15 is 0 Å². The van der Waals surface area contributed by atoms with Gasteiger partial charge in [0, 0.05) is 28.9 Å². The first-order valence-corrected chi connectivity index (χ1v) is 9.04. The van der Waals surface area contributed by atoms with Gasteiger partial charge in [0.05, 0.1) is 5.52 Å². The summed E-state index contributed by atoms with van der Waals surface area (Å²) in [6.07, 6.45) is 3.56. The van der Waals surface area contributed by atoms with E-state index in [0.717, 1.165) is 29.6 Å². The fourth-order valence-electron chi connectivity index (χ4n) is 2.58. The highest BCUT2D eigenvalue weighted by molar-refractivity contribution is 9.08. The zero-order valence-electron chi connectivity index (χ0n) is 13.3. The Morgan fingerprint density at radius 3 is 2.67 bits per heavy atom. The number of fused-ring (bicyclic) bond motifs is 1. The quantitative estimate of drug-likeness (QED) is 0.611. The zero-order valence-corrected chi connectivity index (χ0v) is 14.9. The molecule has 2 nitrogen and oxygen atoms in total. The van der Waals surface area contributed by atoms with Crippen LogP contribution in [0, 0.1) is 0 Å². The minimum atomic E-state index is 0.517. The molecule has 0 aliphatic carbocycles. The van der Waals surface area contributed by atoms with Crippen molar-refractivity contribution in [1.29, 1.82) is 0 Å². The molecule has 1 unspecified atom stereocenters. The molecular formula is C18H25BrN2. The predicted molar refractivity (Wildman–Crippen MR) is 96.4 cm³/mol. The fraction of sp³-hybridized carbons (Fsp3) is 0.500. The molecule has 0 bridgehead atoms. The third-order valence-corrected chi connectivity index (χ3v) is 4.68. The van der Waals surface area contributed by atoms with E-state index in [4.69, 9.17) is 4.98 Å². The number of aromatic nitrogens is 1. The maximum absolute atomic E-state index is 4.96. The first-order chi connectivity index (χ1) is 10.2. The highest BCUT2D eigenvalue weighted by Crippen LogP contribution is 2.27. The molecule has 0 radical (unpaired) electrons. The van der Waals surface area contributed by atoms with Crippen LogP contribution in [0.5, 0.6) is 0 Å². The lowest BCUT2D eigenvalue weighted by Gasteiger charge is -2.31. The van der Waals surface area contributed by atoms with Crippen LogP contribution in [-0.2, 0) is 5.33 Å². The molecule has 1 aromatic carbocycles. The summed E-state index contributed by atoms with van der Waals surface area (Å²) in [5.74, 6) is 1.15. The smallest absolute Gasteiger partial charge is 0.133 e. The summed E-state index contributed by atoms with van der Waals surface area (Å²) < 4.78 is 0. The van der Waals surface area contributed by atoms with Gasteiger partial charge in [0.25, 0.3) is 0 Å². The van der Waals surface area contributed by atoms with E-state index in [1.165, 1.54) is 23.8 Å². The molecule has 1 aromatic heterocycles. The van der Waals surface area contributed by atoms with Gasteiger partial charge in [-0.1, -0.05) is 54.4 Å². The maximum atomic E-state index is 4.96. The molecule has 21 heavy (non-hydrogen) atoms. The van der Waals surface area contributed by atoms with E-state index in [-0.39, 0.29) is 0 Å². The summed E-state index contributed by atoms with van der Waals surface area (Å²) in [4.78, 5) is 7.44. The van der Waals surface area contributed by atoms with Crippen molar-refractivity contribution in [3.8, 4) is 0 Å². The van der Waals surface area contributed by atoms with Gasteiger partial charge in [-0.15, -0.1) is 0 Å². The average molecular weight is 349 g/mol. The third kappa shape index (κ3) is 3.76. The molecule has 0 fully saturated rings. The Hall–Kier alpha value is -1.09. The largest absolute Gasteiger partial charge is 0.354 e. The molecule has 1 heterocycles. The first-order valence-electron chi connectivity index (χ1n) is 7.92. The molecule has 0 saturated heterocycles. The number of hydrogen-bond donors (Lipinski definition) is 0. The Balaban J connectivity index is 2.48. The molecule has 2 rings (SSSR count). The number of benzene rings is 1. The fourth-order valence-corrected chi connectivity index (χ4v) is 2.99. The summed E-state index contributed by atoms with van der Waals surface area (Å²) in [5.41, 5.74) is 2.37. The number of rotatable bonds is 7. The lowest BCUT2D eigenvalue weighted by molar-refractivity contribution is 0.589. The van der Waals surface area contributed by atoms with Crippen LogP contribution in [0.1, 0.15) is 45.6 Å². The van der Waals surface area contributed by atoms with Gasteiger partial charge in [0.1, 0.15) is 5.82 Å². The molecule has 0 saturated carbocycles. The number of nitrogens with zero attached hydrogens (tertiary/aromatic N) is 2. The Morgan fingerprint density at radius 1 is 1.24 bits per heavy atom. The highest BCUT2D eigenvalue weighted by Gasteiger charge is 2.18. The van der Waals surface area contributed by atoms with Gasteiger partial charge in [0.15, 0.2) is 0 Å². The van der Waals surface area contributed by atoms with Crippen molar-refractivity contribution in [3.05, 3.63) is 35.9 Å². The van der Waals surface area contributed by atoms with Gasteiger partial charge in [0.2, 0.25) is 0 Å². The predicted octanol–water partition coefficient (Wildman–Crippen LogP) is 5.53. The number of alkyl halides is 1. The molecule has 0 aliphatic rings. The van der Waals surface area contributed by atoms with Gasteiger partial charge in [-0.2, -0.15) is 0 Å². The van der Waals surface area contributed by atoms with Gasteiger partial charge in [-0.3, -0.25) is 0 Å². The van der Waals surface area contributed by atoms with E-state index in [1.807, 2.05) is 0 Å². The molecule has 2 aromatic rings. The third-order valence-electron chi connectivity index (χ3n) is 4.07.